The van der Waals surface area contributed by atoms with Crippen LogP contribution < -0.4 is 9.47 Å². The first-order chi connectivity index (χ1) is 7.45. The van der Waals surface area contributed by atoms with Crippen LogP contribution in [0.2, 0.25) is 0 Å². The van der Waals surface area contributed by atoms with Gasteiger partial charge in [0.25, 0.3) is 0 Å². The number of carbonyl (C=O) groups is 1. The fraction of sp³-hybridized carbons (Fsp3) is 0.300. The molecule has 0 N–H and O–H groups in total. The van der Waals surface area contributed by atoms with E-state index < -0.39 is 9.84 Å². The van der Waals surface area contributed by atoms with Crippen molar-refractivity contribution in [1.82, 2.24) is 0 Å². The van der Waals surface area contributed by atoms with Crippen molar-refractivity contribution in [2.45, 2.75) is 4.90 Å². The fourth-order valence-electron chi connectivity index (χ4n) is 1.39. The number of rotatable bonds is 4. The molecule has 88 valence electrons. The molecule has 0 aliphatic heterocycles. The van der Waals surface area contributed by atoms with E-state index >= 15 is 0 Å². The minimum absolute atomic E-state index is 0.0237. The number of benzene rings is 1. The van der Waals surface area contributed by atoms with Gasteiger partial charge >= 0.3 is 0 Å². The Kier molecular flexibility index (Phi) is 3.54. The van der Waals surface area contributed by atoms with Gasteiger partial charge in [0.05, 0.1) is 19.8 Å². The summed E-state index contributed by atoms with van der Waals surface area (Å²) < 4.78 is 33.0. The van der Waals surface area contributed by atoms with Crippen LogP contribution in [-0.2, 0) is 9.84 Å². The van der Waals surface area contributed by atoms with Gasteiger partial charge in [0.1, 0.15) is 16.4 Å². The van der Waals surface area contributed by atoms with Crippen LogP contribution in [0.1, 0.15) is 10.4 Å². The first-order valence-electron chi connectivity index (χ1n) is 4.36. The monoisotopic (exact) mass is 244 g/mol. The molecule has 6 heteroatoms. The Morgan fingerprint density at radius 2 is 1.62 bits per heavy atom. The van der Waals surface area contributed by atoms with E-state index in [1.54, 1.807) is 0 Å². The SMILES string of the molecule is COc1ccc(OC)c(S(C)(=O)=O)c1C=O. The number of ether oxygens (including phenoxy) is 2. The van der Waals surface area contributed by atoms with Crippen LogP contribution >= 0.6 is 0 Å². The molecule has 0 aliphatic rings. The van der Waals surface area contributed by atoms with E-state index in [1.807, 2.05) is 0 Å². The lowest BCUT2D eigenvalue weighted by Crippen LogP contribution is -2.06. The Hall–Kier alpha value is -1.56. The van der Waals surface area contributed by atoms with Gasteiger partial charge in [-0.1, -0.05) is 0 Å². The Morgan fingerprint density at radius 1 is 1.12 bits per heavy atom. The zero-order valence-electron chi connectivity index (χ0n) is 9.18. The van der Waals surface area contributed by atoms with Crippen molar-refractivity contribution in [2.24, 2.45) is 0 Å². The molecule has 0 saturated heterocycles. The Labute approximate surface area is 93.9 Å². The summed E-state index contributed by atoms with van der Waals surface area (Å²) in [5, 5.41) is 0. The molecular weight excluding hydrogens is 232 g/mol. The van der Waals surface area contributed by atoms with Gasteiger partial charge < -0.3 is 9.47 Å². The summed E-state index contributed by atoms with van der Waals surface area (Å²) in [5.41, 5.74) is -0.0237. The third-order valence-corrected chi connectivity index (χ3v) is 3.21. The highest BCUT2D eigenvalue weighted by Crippen LogP contribution is 2.32. The molecule has 1 aromatic carbocycles. The lowest BCUT2D eigenvalue weighted by atomic mass is 10.2. The minimum atomic E-state index is -3.56. The summed E-state index contributed by atoms with van der Waals surface area (Å²) in [6, 6.07) is 2.93. The summed E-state index contributed by atoms with van der Waals surface area (Å²) in [6.45, 7) is 0. The van der Waals surface area contributed by atoms with Gasteiger partial charge in [0.2, 0.25) is 0 Å². The fourth-order valence-corrected chi connectivity index (χ4v) is 2.46. The number of aldehydes is 1. The Bertz CT molecular complexity index is 504. The predicted octanol–water partition coefficient (Wildman–Crippen LogP) is 0.920. The first-order valence-corrected chi connectivity index (χ1v) is 6.25. The van der Waals surface area contributed by atoms with Crippen LogP contribution in [0.15, 0.2) is 17.0 Å². The molecule has 0 aromatic heterocycles. The summed E-state index contributed by atoms with van der Waals surface area (Å²) in [7, 11) is -0.857. The second-order valence-electron chi connectivity index (χ2n) is 3.10. The quantitative estimate of drug-likeness (QED) is 0.736. The number of hydrogen-bond acceptors (Lipinski definition) is 5. The molecular formula is C10H12O5S. The van der Waals surface area contributed by atoms with Crippen molar-refractivity contribution in [2.75, 3.05) is 20.5 Å². The molecule has 0 radical (unpaired) electrons. The van der Waals surface area contributed by atoms with Gasteiger partial charge in [-0.25, -0.2) is 8.42 Å². The summed E-state index contributed by atoms with van der Waals surface area (Å²) >= 11 is 0. The topological polar surface area (TPSA) is 69.7 Å². The average Bonchev–Trinajstić information content (AvgIpc) is 2.25. The molecule has 0 atom stereocenters. The lowest BCUT2D eigenvalue weighted by molar-refractivity contribution is 0.111. The van der Waals surface area contributed by atoms with E-state index in [9.17, 15) is 13.2 Å². The maximum Gasteiger partial charge on any atom is 0.180 e. The van der Waals surface area contributed by atoms with Crippen LogP contribution in [-0.4, -0.2) is 35.2 Å². The van der Waals surface area contributed by atoms with Crippen LogP contribution in [0.4, 0.5) is 0 Å². The largest absolute Gasteiger partial charge is 0.496 e. The molecule has 0 bridgehead atoms. The van der Waals surface area contributed by atoms with E-state index in [0.717, 1.165) is 6.26 Å². The highest BCUT2D eigenvalue weighted by atomic mass is 32.2. The standard InChI is InChI=1S/C10H12O5S/c1-14-8-4-5-9(15-2)10(7(8)6-11)16(3,12)13/h4-6H,1-3H3. The van der Waals surface area contributed by atoms with Gasteiger partial charge in [-0.3, -0.25) is 4.79 Å². The molecule has 0 fully saturated rings. The van der Waals surface area contributed by atoms with Crippen molar-refractivity contribution < 1.29 is 22.7 Å². The second-order valence-corrected chi connectivity index (χ2v) is 5.06. The van der Waals surface area contributed by atoms with Crippen molar-refractivity contribution in [3.8, 4) is 11.5 Å². The highest BCUT2D eigenvalue weighted by molar-refractivity contribution is 7.90. The number of carbonyl (C=O) groups excluding carboxylic acids is 1. The summed E-state index contributed by atoms with van der Waals surface area (Å²) in [6.07, 6.45) is 1.45. The Morgan fingerprint density at radius 3 is 2.00 bits per heavy atom. The van der Waals surface area contributed by atoms with Crippen LogP contribution in [0.3, 0.4) is 0 Å². The van der Waals surface area contributed by atoms with E-state index in [-0.39, 0.29) is 22.0 Å². The summed E-state index contributed by atoms with van der Waals surface area (Å²) in [4.78, 5) is 10.8. The van der Waals surface area contributed by atoms with Gasteiger partial charge in [0, 0.05) is 6.26 Å². The molecule has 16 heavy (non-hydrogen) atoms. The second kappa shape index (κ2) is 4.52. The van der Waals surface area contributed by atoms with E-state index in [1.165, 1.54) is 26.4 Å². The minimum Gasteiger partial charge on any atom is -0.496 e. The molecule has 0 saturated carbocycles. The average molecular weight is 244 g/mol. The number of hydrogen-bond donors (Lipinski definition) is 0. The normalized spacial score (nSPS) is 10.9. The van der Waals surface area contributed by atoms with Crippen molar-refractivity contribution >= 4 is 16.1 Å². The lowest BCUT2D eigenvalue weighted by Gasteiger charge is -2.12. The van der Waals surface area contributed by atoms with Crippen LogP contribution in [0.25, 0.3) is 0 Å². The zero-order chi connectivity index (χ0) is 12.3. The zero-order valence-corrected chi connectivity index (χ0v) is 10.00. The Balaban J connectivity index is 3.69. The molecule has 5 nitrogen and oxygen atoms in total. The molecule has 0 amide bonds. The van der Waals surface area contributed by atoms with Gasteiger partial charge in [-0.05, 0) is 12.1 Å². The molecule has 0 aliphatic carbocycles. The van der Waals surface area contributed by atoms with Crippen molar-refractivity contribution in [3.63, 3.8) is 0 Å². The third kappa shape index (κ3) is 2.16. The van der Waals surface area contributed by atoms with Crippen molar-refractivity contribution in [1.29, 1.82) is 0 Å². The van der Waals surface area contributed by atoms with Gasteiger partial charge in [-0.2, -0.15) is 0 Å². The molecule has 0 unspecified atom stereocenters. The number of methoxy groups -OCH3 is 2. The molecule has 0 heterocycles. The van der Waals surface area contributed by atoms with E-state index in [0.29, 0.717) is 6.29 Å². The van der Waals surface area contributed by atoms with Gasteiger partial charge in [0.15, 0.2) is 16.1 Å². The van der Waals surface area contributed by atoms with E-state index in [4.69, 9.17) is 9.47 Å². The molecule has 1 rings (SSSR count). The predicted molar refractivity (Wildman–Crippen MR) is 58.0 cm³/mol. The molecule has 0 spiro atoms. The first kappa shape index (κ1) is 12.5. The molecule has 1 aromatic rings. The smallest absolute Gasteiger partial charge is 0.180 e. The summed E-state index contributed by atoms with van der Waals surface area (Å²) in [5.74, 6) is 0.335. The highest BCUT2D eigenvalue weighted by Gasteiger charge is 2.22. The van der Waals surface area contributed by atoms with E-state index in [2.05, 4.69) is 0 Å². The third-order valence-electron chi connectivity index (χ3n) is 2.05. The maximum absolute atomic E-state index is 11.6. The van der Waals surface area contributed by atoms with Gasteiger partial charge in [-0.15, -0.1) is 0 Å². The van der Waals surface area contributed by atoms with Crippen LogP contribution in [0.5, 0.6) is 11.5 Å². The number of sulfone groups is 1. The maximum atomic E-state index is 11.6. The van der Waals surface area contributed by atoms with Crippen LogP contribution in [0, 0.1) is 0 Å². The van der Waals surface area contributed by atoms with Crippen molar-refractivity contribution in [3.05, 3.63) is 17.7 Å².